The Kier molecular flexibility index (Phi) is 28.8. The van der Waals surface area contributed by atoms with Gasteiger partial charge in [-0.2, -0.15) is 23.5 Å². The highest BCUT2D eigenvalue weighted by Gasteiger charge is 2.14. The first kappa shape index (κ1) is 38.0. The van der Waals surface area contributed by atoms with Gasteiger partial charge in [-0.05, 0) is 50.3 Å². The average Bonchev–Trinajstić information content (AvgIpc) is 3.48. The average molecular weight is 601 g/mol. The summed E-state index contributed by atoms with van der Waals surface area (Å²) in [6.07, 6.45) is 30.1. The van der Waals surface area contributed by atoms with Crippen LogP contribution in [0, 0.1) is 0 Å². The molecular weight excluding hydrogens is 533 g/mol. The molecule has 0 bridgehead atoms. The van der Waals surface area contributed by atoms with Crippen molar-refractivity contribution in [2.45, 2.75) is 160 Å². The summed E-state index contributed by atoms with van der Waals surface area (Å²) in [6.45, 7) is 9.11. The quantitative estimate of drug-likeness (QED) is 0.0831. The number of hydrogen-bond donors (Lipinski definition) is 1. The van der Waals surface area contributed by atoms with Crippen molar-refractivity contribution in [1.82, 2.24) is 10.2 Å². The maximum Gasteiger partial charge on any atom is 0.407 e. The van der Waals surface area contributed by atoms with Crippen molar-refractivity contribution in [1.29, 1.82) is 0 Å². The molecule has 40 heavy (non-hydrogen) atoms. The number of alkyl carbamates (subject to hydrolysis) is 1. The largest absolute Gasteiger partial charge is 0.448 e. The van der Waals surface area contributed by atoms with E-state index in [1.54, 1.807) is 0 Å². The molecule has 1 aliphatic rings. The lowest BCUT2D eigenvalue weighted by molar-refractivity contribution is 0.146. The number of thioether (sulfide) groups is 2. The Bertz CT molecular complexity index is 532. The van der Waals surface area contributed by atoms with Gasteiger partial charge in [0.2, 0.25) is 0 Å². The molecule has 1 aliphatic heterocycles. The minimum absolute atomic E-state index is 0.233. The third-order valence-corrected chi connectivity index (χ3v) is 10.8. The molecule has 0 aromatic rings. The highest BCUT2D eigenvalue weighted by atomic mass is 32.2. The number of carbonyl (C=O) groups is 1. The Balaban J connectivity index is 2.13. The van der Waals surface area contributed by atoms with Gasteiger partial charge in [0.05, 0.1) is 0 Å². The van der Waals surface area contributed by atoms with Crippen molar-refractivity contribution in [3.8, 4) is 0 Å². The molecule has 1 rings (SSSR count). The van der Waals surface area contributed by atoms with Crippen LogP contribution in [-0.4, -0.2) is 66.3 Å². The van der Waals surface area contributed by atoms with Gasteiger partial charge in [0.1, 0.15) is 6.61 Å². The van der Waals surface area contributed by atoms with E-state index in [4.69, 9.17) is 4.74 Å². The first-order valence-corrected chi connectivity index (χ1v) is 19.8. The molecule has 0 aromatic heterocycles. The summed E-state index contributed by atoms with van der Waals surface area (Å²) in [5.74, 6) is 3.54. The van der Waals surface area contributed by atoms with E-state index in [-0.39, 0.29) is 6.09 Å². The predicted octanol–water partition coefficient (Wildman–Crippen LogP) is 10.5. The maximum absolute atomic E-state index is 12.3. The van der Waals surface area contributed by atoms with Gasteiger partial charge in [0, 0.05) is 24.1 Å². The van der Waals surface area contributed by atoms with Crippen LogP contribution in [-0.2, 0) is 4.74 Å². The lowest BCUT2D eigenvalue weighted by atomic mass is 10.1. The van der Waals surface area contributed by atoms with E-state index in [0.29, 0.717) is 18.4 Å². The van der Waals surface area contributed by atoms with Crippen molar-refractivity contribution < 1.29 is 9.53 Å². The number of carbonyl (C=O) groups excluding carboxylic acids is 1. The van der Waals surface area contributed by atoms with E-state index in [2.05, 4.69) is 35.8 Å². The zero-order chi connectivity index (χ0) is 28.8. The molecule has 0 radical (unpaired) electrons. The van der Waals surface area contributed by atoms with Gasteiger partial charge in [0.25, 0.3) is 0 Å². The van der Waals surface area contributed by atoms with Gasteiger partial charge in [-0.25, -0.2) is 4.79 Å². The van der Waals surface area contributed by atoms with Crippen LogP contribution in [0.3, 0.4) is 0 Å². The van der Waals surface area contributed by atoms with Gasteiger partial charge in [-0.1, -0.05) is 129 Å². The molecule has 1 unspecified atom stereocenters. The molecule has 0 aromatic carbocycles. The highest BCUT2D eigenvalue weighted by Crippen LogP contribution is 2.21. The number of rotatable bonds is 30. The summed E-state index contributed by atoms with van der Waals surface area (Å²) < 4.78 is 5.67. The number of ether oxygens (including phenoxy) is 1. The van der Waals surface area contributed by atoms with Crippen LogP contribution < -0.4 is 5.32 Å². The summed E-state index contributed by atoms with van der Waals surface area (Å²) in [4.78, 5) is 14.7. The molecule has 238 valence electrons. The first-order valence-electron chi connectivity index (χ1n) is 17.6. The van der Waals surface area contributed by atoms with Gasteiger partial charge >= 0.3 is 6.09 Å². The van der Waals surface area contributed by atoms with Crippen LogP contribution in [0.4, 0.5) is 4.79 Å². The van der Waals surface area contributed by atoms with Gasteiger partial charge in [0.15, 0.2) is 0 Å². The number of amides is 1. The third kappa shape index (κ3) is 25.6. The monoisotopic (exact) mass is 600 g/mol. The lowest BCUT2D eigenvalue weighted by Crippen LogP contribution is -2.35. The summed E-state index contributed by atoms with van der Waals surface area (Å²) in [6, 6.07) is 0. The van der Waals surface area contributed by atoms with Crippen molar-refractivity contribution in [2.75, 3.05) is 50.0 Å². The normalized spacial score (nSPS) is 14.6. The van der Waals surface area contributed by atoms with Crippen molar-refractivity contribution in [3.05, 3.63) is 0 Å². The molecule has 1 fully saturated rings. The molecule has 1 saturated heterocycles. The summed E-state index contributed by atoms with van der Waals surface area (Å²) >= 11 is 4.10. The second-order valence-electron chi connectivity index (χ2n) is 12.0. The Hall–Kier alpha value is -0.0700. The first-order chi connectivity index (χ1) is 19.8. The second-order valence-corrected chi connectivity index (χ2v) is 14.6. The third-order valence-electron chi connectivity index (χ3n) is 8.09. The van der Waals surface area contributed by atoms with Gasteiger partial charge < -0.3 is 15.0 Å². The number of nitrogens with zero attached hydrogens (tertiary/aromatic N) is 1. The standard InChI is InChI=1S/C34H68N2O2S2/c1-3-5-7-9-11-13-15-17-19-23-29-39-32-33(31-38-34(37)35-25-28-36-26-21-22-27-36)40-30-24-20-18-16-14-12-10-8-6-4-2/h33H,3-32H2,1-2H3,(H,35,37). The molecular formula is C34H68N2O2S2. The Morgan fingerprint density at radius 1 is 0.700 bits per heavy atom. The fourth-order valence-electron chi connectivity index (χ4n) is 5.43. The Labute approximate surface area is 259 Å². The molecule has 1 N–H and O–H groups in total. The summed E-state index contributed by atoms with van der Waals surface area (Å²) in [7, 11) is 0. The number of hydrogen-bond acceptors (Lipinski definition) is 5. The summed E-state index contributed by atoms with van der Waals surface area (Å²) in [5.41, 5.74) is 0. The molecule has 1 heterocycles. The molecule has 1 amide bonds. The number of likely N-dealkylation sites (tertiary alicyclic amines) is 1. The van der Waals surface area contributed by atoms with Crippen molar-refractivity contribution in [2.24, 2.45) is 0 Å². The van der Waals surface area contributed by atoms with Gasteiger partial charge in [-0.15, -0.1) is 0 Å². The van der Waals surface area contributed by atoms with Crippen LogP contribution in [0.1, 0.15) is 155 Å². The van der Waals surface area contributed by atoms with E-state index in [1.165, 1.54) is 166 Å². The minimum atomic E-state index is -0.233. The maximum atomic E-state index is 12.3. The molecule has 0 saturated carbocycles. The lowest BCUT2D eigenvalue weighted by Gasteiger charge is -2.18. The van der Waals surface area contributed by atoms with Crippen LogP contribution in [0.15, 0.2) is 0 Å². The van der Waals surface area contributed by atoms with Crippen LogP contribution in [0.25, 0.3) is 0 Å². The van der Waals surface area contributed by atoms with E-state index in [0.717, 1.165) is 12.3 Å². The van der Waals surface area contributed by atoms with E-state index in [1.807, 2.05) is 11.8 Å². The Morgan fingerprint density at radius 2 is 1.18 bits per heavy atom. The van der Waals surface area contributed by atoms with E-state index in [9.17, 15) is 4.79 Å². The van der Waals surface area contributed by atoms with Crippen LogP contribution >= 0.6 is 23.5 Å². The smallest absolute Gasteiger partial charge is 0.407 e. The van der Waals surface area contributed by atoms with E-state index >= 15 is 0 Å². The Morgan fingerprint density at radius 3 is 1.70 bits per heavy atom. The van der Waals surface area contributed by atoms with Crippen LogP contribution in [0.2, 0.25) is 0 Å². The van der Waals surface area contributed by atoms with Crippen LogP contribution in [0.5, 0.6) is 0 Å². The molecule has 0 aliphatic carbocycles. The topological polar surface area (TPSA) is 41.6 Å². The summed E-state index contributed by atoms with van der Waals surface area (Å²) in [5, 5.41) is 3.39. The fraction of sp³-hybridized carbons (Fsp3) is 0.971. The minimum Gasteiger partial charge on any atom is -0.448 e. The molecule has 0 spiro atoms. The zero-order valence-corrected chi connectivity index (χ0v) is 28.5. The van der Waals surface area contributed by atoms with Crippen molar-refractivity contribution in [3.63, 3.8) is 0 Å². The molecule has 1 atom stereocenters. The number of nitrogens with one attached hydrogen (secondary N) is 1. The second kappa shape index (κ2) is 30.4. The van der Waals surface area contributed by atoms with Gasteiger partial charge in [-0.3, -0.25) is 0 Å². The molecule has 6 heteroatoms. The van der Waals surface area contributed by atoms with Crippen molar-refractivity contribution >= 4 is 29.6 Å². The molecule has 4 nitrogen and oxygen atoms in total. The SMILES string of the molecule is CCCCCCCCCCCCSCC(COC(=O)NCCN1CCCC1)SCCCCCCCCCCCC. The van der Waals surface area contributed by atoms with E-state index < -0.39 is 0 Å². The predicted molar refractivity (Wildman–Crippen MR) is 182 cm³/mol. The zero-order valence-electron chi connectivity index (χ0n) is 26.9. The fourth-order valence-corrected chi connectivity index (χ4v) is 7.91. The highest BCUT2D eigenvalue weighted by molar-refractivity contribution is 8.03. The number of unbranched alkanes of at least 4 members (excludes halogenated alkanes) is 18.